The van der Waals surface area contributed by atoms with Crippen LogP contribution in [-0.4, -0.2) is 87.1 Å². The van der Waals surface area contributed by atoms with Gasteiger partial charge in [0.1, 0.15) is 24.1 Å². The van der Waals surface area contributed by atoms with Crippen molar-refractivity contribution in [2.24, 2.45) is 0 Å². The van der Waals surface area contributed by atoms with Crippen molar-refractivity contribution in [2.75, 3.05) is 45.3 Å². The van der Waals surface area contributed by atoms with Crippen LogP contribution >= 0.6 is 11.8 Å². The Balaban J connectivity index is 1.24. The molecule has 4 heterocycles. The maximum absolute atomic E-state index is 14.8. The molecule has 0 radical (unpaired) electrons. The Kier molecular flexibility index (Phi) is 9.20. The number of likely N-dealkylation sites (tertiary alicyclic amines) is 1. The molecule has 1 saturated heterocycles. The Labute approximate surface area is 242 Å². The molecule has 214 valence electrons. The molecule has 1 aromatic carbocycles. The van der Waals surface area contributed by atoms with Gasteiger partial charge in [0, 0.05) is 67.5 Å². The topological polar surface area (TPSA) is 118 Å². The third-order valence-corrected chi connectivity index (χ3v) is 8.22. The maximum atomic E-state index is 14.8. The number of nitrogens with zero attached hydrogens (tertiary/aromatic N) is 6. The van der Waals surface area contributed by atoms with Crippen LogP contribution in [0.25, 0.3) is 22.2 Å². The number of fused-ring (bicyclic) bond motifs is 1. The molecule has 1 amide bonds. The van der Waals surface area contributed by atoms with Gasteiger partial charge < -0.3 is 20.3 Å². The molecule has 5 rings (SSSR count). The van der Waals surface area contributed by atoms with E-state index in [0.29, 0.717) is 36.0 Å². The van der Waals surface area contributed by atoms with Gasteiger partial charge in [-0.25, -0.2) is 24.3 Å². The molecular weight excluding hydrogens is 543 g/mol. The first kappa shape index (κ1) is 28.6. The molecule has 12 heteroatoms. The number of nitrogens with one attached hydrogen (secondary N) is 2. The molecule has 1 atom stereocenters. The highest BCUT2D eigenvalue weighted by Crippen LogP contribution is 2.27. The van der Waals surface area contributed by atoms with E-state index in [2.05, 4.69) is 47.5 Å². The zero-order chi connectivity index (χ0) is 28.8. The number of aromatic nitrogens is 5. The van der Waals surface area contributed by atoms with E-state index in [0.717, 1.165) is 37.1 Å². The zero-order valence-corrected chi connectivity index (χ0v) is 24.1. The number of benzene rings is 1. The van der Waals surface area contributed by atoms with Crippen LogP contribution in [0.5, 0.6) is 6.01 Å². The van der Waals surface area contributed by atoms with Crippen molar-refractivity contribution >= 4 is 34.4 Å². The fourth-order valence-corrected chi connectivity index (χ4v) is 5.44. The highest BCUT2D eigenvalue weighted by Gasteiger charge is 2.20. The Bertz CT molecular complexity index is 1500. The van der Waals surface area contributed by atoms with Crippen molar-refractivity contribution in [2.45, 2.75) is 30.6 Å². The van der Waals surface area contributed by atoms with Crippen LogP contribution < -0.4 is 15.4 Å². The molecular formula is C29H33FN8O2S. The molecule has 1 unspecified atom stereocenters. The summed E-state index contributed by atoms with van der Waals surface area (Å²) in [4.78, 5) is 36.6. The maximum Gasteiger partial charge on any atom is 0.316 e. The number of carbonyl (C=O) groups excluding carboxylic acids is 1. The van der Waals surface area contributed by atoms with Gasteiger partial charge in [-0.2, -0.15) is 11.8 Å². The Morgan fingerprint density at radius 3 is 2.66 bits per heavy atom. The van der Waals surface area contributed by atoms with Crippen molar-refractivity contribution in [3.05, 3.63) is 66.1 Å². The first-order valence-electron chi connectivity index (χ1n) is 13.5. The van der Waals surface area contributed by atoms with Gasteiger partial charge in [-0.1, -0.05) is 6.07 Å². The molecule has 10 nitrogen and oxygen atoms in total. The summed E-state index contributed by atoms with van der Waals surface area (Å²) in [6.07, 6.45) is 11.2. The highest BCUT2D eigenvalue weighted by molar-refractivity contribution is 7.99. The summed E-state index contributed by atoms with van der Waals surface area (Å²) in [6, 6.07) is 6.92. The monoisotopic (exact) mass is 576 g/mol. The summed E-state index contributed by atoms with van der Waals surface area (Å²) in [6.45, 7) is 2.62. The summed E-state index contributed by atoms with van der Waals surface area (Å²) < 4.78 is 20.7. The summed E-state index contributed by atoms with van der Waals surface area (Å²) in [7, 11) is 3.64. The highest BCUT2D eigenvalue weighted by atomic mass is 32.2. The van der Waals surface area contributed by atoms with Crippen molar-refractivity contribution < 1.29 is 13.9 Å². The molecule has 0 spiro atoms. The van der Waals surface area contributed by atoms with Crippen molar-refractivity contribution in [1.82, 2.24) is 35.1 Å². The van der Waals surface area contributed by atoms with Crippen LogP contribution in [0, 0.1) is 5.82 Å². The number of thioether (sulfide) groups is 1. The molecule has 2 N–H and O–H groups in total. The zero-order valence-electron chi connectivity index (χ0n) is 23.3. The van der Waals surface area contributed by atoms with Crippen LogP contribution in [-0.2, 0) is 6.42 Å². The fraction of sp³-hybridized carbons (Fsp3) is 0.379. The minimum Gasteiger partial charge on any atom is -0.460 e. The van der Waals surface area contributed by atoms with Crippen molar-refractivity contribution in [3.8, 4) is 17.3 Å². The van der Waals surface area contributed by atoms with E-state index in [4.69, 9.17) is 4.74 Å². The molecule has 1 aliphatic rings. The number of hydrogen-bond donors (Lipinski definition) is 2. The third-order valence-electron chi connectivity index (χ3n) is 7.22. The first-order valence-corrected chi connectivity index (χ1v) is 14.8. The van der Waals surface area contributed by atoms with Crippen molar-refractivity contribution in [3.63, 3.8) is 0 Å². The molecule has 3 aromatic heterocycles. The number of carbonyl (C=O) groups is 1. The Morgan fingerprint density at radius 1 is 1.15 bits per heavy atom. The largest absolute Gasteiger partial charge is 0.460 e. The summed E-state index contributed by atoms with van der Waals surface area (Å²) in [5.41, 5.74) is 3.11. The molecule has 1 aliphatic heterocycles. The number of amides is 1. The lowest BCUT2D eigenvalue weighted by Crippen LogP contribution is -2.35. The summed E-state index contributed by atoms with van der Waals surface area (Å²) in [5.74, 6) is -0.140. The molecule has 0 bridgehead atoms. The predicted octanol–water partition coefficient (Wildman–Crippen LogP) is 3.84. The number of halogens is 1. The third kappa shape index (κ3) is 6.88. The predicted molar refractivity (Wildman–Crippen MR) is 159 cm³/mol. The lowest BCUT2D eigenvalue weighted by molar-refractivity contribution is 0.0964. The van der Waals surface area contributed by atoms with E-state index in [-0.39, 0.29) is 28.2 Å². The first-order chi connectivity index (χ1) is 19.9. The van der Waals surface area contributed by atoms with Gasteiger partial charge >= 0.3 is 6.01 Å². The number of anilines is 1. The molecule has 41 heavy (non-hydrogen) atoms. The van der Waals surface area contributed by atoms with Crippen LogP contribution in [0.1, 0.15) is 28.8 Å². The van der Waals surface area contributed by atoms with Crippen LogP contribution in [0.2, 0.25) is 0 Å². The van der Waals surface area contributed by atoms with E-state index in [9.17, 15) is 9.18 Å². The van der Waals surface area contributed by atoms with Crippen LogP contribution in [0.4, 0.5) is 10.2 Å². The molecule has 0 aliphatic carbocycles. The van der Waals surface area contributed by atoms with Gasteiger partial charge in [-0.3, -0.25) is 9.78 Å². The quantitative estimate of drug-likeness (QED) is 0.288. The van der Waals surface area contributed by atoms with E-state index in [1.807, 2.05) is 12.3 Å². The molecule has 0 saturated carbocycles. The van der Waals surface area contributed by atoms with E-state index in [1.54, 1.807) is 36.4 Å². The molecule has 4 aromatic rings. The van der Waals surface area contributed by atoms with Gasteiger partial charge in [0.25, 0.3) is 5.91 Å². The smallest absolute Gasteiger partial charge is 0.316 e. The number of pyridine rings is 1. The minimum absolute atomic E-state index is 0.131. The second-order valence-corrected chi connectivity index (χ2v) is 11.1. The van der Waals surface area contributed by atoms with Gasteiger partial charge in [0.2, 0.25) is 0 Å². The average Bonchev–Trinajstić information content (AvgIpc) is 3.01. The number of ether oxygens (including phenoxy) is 1. The number of piperidine rings is 1. The minimum atomic E-state index is -0.465. The fourth-order valence-electron chi connectivity index (χ4n) is 4.85. The second-order valence-electron chi connectivity index (χ2n) is 9.97. The van der Waals surface area contributed by atoms with Crippen LogP contribution in [0.3, 0.4) is 0 Å². The SMILES string of the molecule is CNC(=O)c1ccnc2c(CC(CNc3cc(-c4cnc(OC5CCN(C)CC5)nc4)ncn3)SC)ccc(F)c12. The van der Waals surface area contributed by atoms with E-state index >= 15 is 0 Å². The molecule has 1 fully saturated rings. The summed E-state index contributed by atoms with van der Waals surface area (Å²) in [5, 5.41) is 6.34. The van der Waals surface area contributed by atoms with Gasteiger partial charge in [0.05, 0.1) is 16.8 Å². The van der Waals surface area contributed by atoms with Gasteiger partial charge in [-0.05, 0) is 50.3 Å². The van der Waals surface area contributed by atoms with Crippen LogP contribution in [0.15, 0.2) is 49.2 Å². The average molecular weight is 577 g/mol. The van der Waals surface area contributed by atoms with E-state index in [1.165, 1.54) is 25.5 Å². The van der Waals surface area contributed by atoms with Gasteiger partial charge in [0.15, 0.2) is 0 Å². The lowest BCUT2D eigenvalue weighted by Gasteiger charge is -2.28. The summed E-state index contributed by atoms with van der Waals surface area (Å²) >= 11 is 1.68. The normalized spacial score (nSPS) is 15.0. The van der Waals surface area contributed by atoms with Gasteiger partial charge in [-0.15, -0.1) is 0 Å². The standard InChI is InChI=1S/C29H33FN8O2S/c1-31-28(39)22-6-9-32-27-18(4-5-23(30)26(22)27)12-21(41-3)16-33-25-13-24(36-17-37-25)19-14-34-29(35-15-19)40-20-7-10-38(2)11-8-20/h4-6,9,13-15,17,20-21H,7-8,10-12,16H2,1-3H3,(H,31,39)(H,33,36,37). The Morgan fingerprint density at radius 2 is 1.93 bits per heavy atom. The number of hydrogen-bond acceptors (Lipinski definition) is 10. The van der Waals surface area contributed by atoms with E-state index < -0.39 is 5.82 Å². The number of rotatable bonds is 10. The van der Waals surface area contributed by atoms with Crippen molar-refractivity contribution in [1.29, 1.82) is 0 Å². The lowest BCUT2D eigenvalue weighted by atomic mass is 10.0. The Hall–Kier alpha value is -3.90. The second kappa shape index (κ2) is 13.2.